The summed E-state index contributed by atoms with van der Waals surface area (Å²) in [6.07, 6.45) is 6.21. The van der Waals surface area contributed by atoms with Gasteiger partial charge in [-0.2, -0.15) is 5.10 Å². The molecule has 1 aromatic heterocycles. The van der Waals surface area contributed by atoms with Crippen LogP contribution in [0.2, 0.25) is 0 Å². The summed E-state index contributed by atoms with van der Waals surface area (Å²) in [7, 11) is 1.93. The van der Waals surface area contributed by atoms with Crippen molar-refractivity contribution in [2.45, 2.75) is 58.5 Å². The number of amides is 1. The van der Waals surface area contributed by atoms with Crippen LogP contribution in [0.1, 0.15) is 49.1 Å². The number of benzene rings is 1. The fraction of sp³-hybridized carbons (Fsp3) is 0.500. The topological polar surface area (TPSA) is 56.2 Å². The van der Waals surface area contributed by atoms with Gasteiger partial charge in [0.15, 0.2) is 0 Å². The average Bonchev–Trinajstić information content (AvgIpc) is 3.15. The molecule has 2 aromatic rings. The molecule has 1 saturated carbocycles. The molecule has 0 aliphatic heterocycles. The highest BCUT2D eigenvalue weighted by molar-refractivity contribution is 5.91. The fourth-order valence-corrected chi connectivity index (χ4v) is 3.49. The summed E-state index contributed by atoms with van der Waals surface area (Å²) < 4.78 is 7.87. The van der Waals surface area contributed by atoms with Crippen molar-refractivity contribution in [2.75, 3.05) is 5.32 Å². The maximum absolute atomic E-state index is 12.3. The zero-order chi connectivity index (χ0) is 17.8. The van der Waals surface area contributed by atoms with Crippen molar-refractivity contribution in [3.8, 4) is 5.75 Å². The van der Waals surface area contributed by atoms with Crippen LogP contribution in [0.25, 0.3) is 0 Å². The Hall–Kier alpha value is -2.30. The van der Waals surface area contributed by atoms with E-state index in [-0.39, 0.29) is 5.91 Å². The predicted molar refractivity (Wildman–Crippen MR) is 99.0 cm³/mol. The minimum absolute atomic E-state index is 0.0145. The summed E-state index contributed by atoms with van der Waals surface area (Å²) in [6.45, 7) is 4.03. The van der Waals surface area contributed by atoms with E-state index in [2.05, 4.69) is 10.4 Å². The number of rotatable bonds is 6. The molecule has 0 bridgehead atoms. The normalized spacial score (nSPS) is 14.7. The van der Waals surface area contributed by atoms with Crippen LogP contribution in [0.15, 0.2) is 24.3 Å². The number of carbonyl (C=O) groups excluding carboxylic acids is 1. The Labute approximate surface area is 149 Å². The lowest BCUT2D eigenvalue weighted by molar-refractivity contribution is -0.116. The smallest absolute Gasteiger partial charge is 0.224 e. The fourth-order valence-electron chi connectivity index (χ4n) is 3.49. The molecule has 0 saturated heterocycles. The highest BCUT2D eigenvalue weighted by Gasteiger charge is 2.16. The molecule has 1 fully saturated rings. The number of nitrogens with zero attached hydrogens (tertiary/aromatic N) is 2. The molecule has 1 amide bonds. The number of hydrogen-bond acceptors (Lipinski definition) is 3. The second-order valence-corrected chi connectivity index (χ2v) is 6.87. The summed E-state index contributed by atoms with van der Waals surface area (Å²) in [5.41, 5.74) is 4.08. The minimum Gasteiger partial charge on any atom is -0.490 e. The van der Waals surface area contributed by atoms with Gasteiger partial charge in [0.25, 0.3) is 0 Å². The molecule has 3 rings (SSSR count). The van der Waals surface area contributed by atoms with Crippen LogP contribution < -0.4 is 10.1 Å². The highest BCUT2D eigenvalue weighted by atomic mass is 16.5. The van der Waals surface area contributed by atoms with Crippen LogP contribution in [0.3, 0.4) is 0 Å². The molecule has 25 heavy (non-hydrogen) atoms. The van der Waals surface area contributed by atoms with E-state index < -0.39 is 0 Å². The van der Waals surface area contributed by atoms with Crippen molar-refractivity contribution in [1.82, 2.24) is 9.78 Å². The third kappa shape index (κ3) is 4.41. The monoisotopic (exact) mass is 341 g/mol. The largest absolute Gasteiger partial charge is 0.490 e. The molecular weight excluding hydrogens is 314 g/mol. The number of aryl methyl sites for hydroxylation is 2. The van der Waals surface area contributed by atoms with Crippen molar-refractivity contribution in [3.63, 3.8) is 0 Å². The summed E-state index contributed by atoms with van der Waals surface area (Å²) in [4.78, 5) is 12.3. The average molecular weight is 341 g/mol. The molecule has 0 unspecified atom stereocenters. The summed E-state index contributed by atoms with van der Waals surface area (Å²) >= 11 is 0. The molecule has 0 atom stereocenters. The van der Waals surface area contributed by atoms with E-state index in [1.807, 2.05) is 49.8 Å². The Morgan fingerprint density at radius 3 is 2.76 bits per heavy atom. The first-order chi connectivity index (χ1) is 12.0. The second-order valence-electron chi connectivity index (χ2n) is 6.87. The van der Waals surface area contributed by atoms with E-state index in [4.69, 9.17) is 4.74 Å². The van der Waals surface area contributed by atoms with Gasteiger partial charge in [0.1, 0.15) is 5.75 Å². The van der Waals surface area contributed by atoms with Gasteiger partial charge in [0, 0.05) is 30.9 Å². The first kappa shape index (κ1) is 17.5. The molecule has 0 spiro atoms. The van der Waals surface area contributed by atoms with E-state index in [1.165, 1.54) is 12.8 Å². The molecule has 1 aliphatic rings. The quantitative estimate of drug-likeness (QED) is 0.866. The molecule has 1 aromatic carbocycles. The maximum atomic E-state index is 12.3. The van der Waals surface area contributed by atoms with Gasteiger partial charge in [-0.25, -0.2) is 0 Å². The van der Waals surface area contributed by atoms with E-state index in [9.17, 15) is 4.79 Å². The van der Waals surface area contributed by atoms with Gasteiger partial charge < -0.3 is 10.1 Å². The lowest BCUT2D eigenvalue weighted by Gasteiger charge is -2.14. The molecule has 5 nitrogen and oxygen atoms in total. The summed E-state index contributed by atoms with van der Waals surface area (Å²) in [6, 6.07) is 7.70. The third-order valence-electron chi connectivity index (χ3n) is 4.98. The SMILES string of the molecule is Cc1nn(C)c(C)c1CCC(=O)Nc1cccc(OC2CCCC2)c1. The molecule has 1 N–H and O–H groups in total. The van der Waals surface area contributed by atoms with Crippen molar-refractivity contribution >= 4 is 11.6 Å². The minimum atomic E-state index is 0.0145. The Balaban J connectivity index is 1.55. The van der Waals surface area contributed by atoms with Crippen LogP contribution in [-0.4, -0.2) is 21.8 Å². The Morgan fingerprint density at radius 2 is 2.08 bits per heavy atom. The van der Waals surface area contributed by atoms with Crippen LogP contribution in [0, 0.1) is 13.8 Å². The molecule has 1 aliphatic carbocycles. The van der Waals surface area contributed by atoms with Crippen LogP contribution in [0.4, 0.5) is 5.69 Å². The van der Waals surface area contributed by atoms with Gasteiger partial charge in [-0.15, -0.1) is 0 Å². The molecule has 5 heteroatoms. The van der Waals surface area contributed by atoms with Crippen LogP contribution in [-0.2, 0) is 18.3 Å². The number of hydrogen-bond donors (Lipinski definition) is 1. The van der Waals surface area contributed by atoms with Crippen molar-refractivity contribution in [3.05, 3.63) is 41.2 Å². The van der Waals surface area contributed by atoms with E-state index in [1.54, 1.807) is 0 Å². The van der Waals surface area contributed by atoms with E-state index >= 15 is 0 Å². The van der Waals surface area contributed by atoms with E-state index in [0.29, 0.717) is 18.9 Å². The molecule has 1 heterocycles. The Kier molecular flexibility index (Phi) is 5.41. The lowest BCUT2D eigenvalue weighted by atomic mass is 10.1. The number of ether oxygens (including phenoxy) is 1. The number of nitrogens with one attached hydrogen (secondary N) is 1. The van der Waals surface area contributed by atoms with Crippen LogP contribution >= 0.6 is 0 Å². The second kappa shape index (κ2) is 7.72. The molecule has 134 valence electrons. The van der Waals surface area contributed by atoms with Gasteiger partial charge in [0.05, 0.1) is 11.8 Å². The summed E-state index contributed by atoms with van der Waals surface area (Å²) in [5, 5.41) is 7.38. The summed E-state index contributed by atoms with van der Waals surface area (Å²) in [5.74, 6) is 0.851. The third-order valence-corrected chi connectivity index (χ3v) is 4.98. The lowest BCUT2D eigenvalue weighted by Crippen LogP contribution is -2.14. The standard InChI is InChI=1S/C20H27N3O2/c1-14-19(15(2)23(3)22-14)11-12-20(24)21-16-7-6-10-18(13-16)25-17-8-4-5-9-17/h6-7,10,13,17H,4-5,8-9,11-12H2,1-3H3,(H,21,24). The van der Waals surface area contributed by atoms with E-state index in [0.717, 1.165) is 41.2 Å². The van der Waals surface area contributed by atoms with Crippen LogP contribution in [0.5, 0.6) is 5.75 Å². The van der Waals surface area contributed by atoms with Crippen molar-refractivity contribution in [1.29, 1.82) is 0 Å². The van der Waals surface area contributed by atoms with Gasteiger partial charge >= 0.3 is 0 Å². The first-order valence-corrected chi connectivity index (χ1v) is 9.08. The van der Waals surface area contributed by atoms with Crippen molar-refractivity contribution < 1.29 is 9.53 Å². The Bertz CT molecular complexity index is 745. The zero-order valence-electron chi connectivity index (χ0n) is 15.3. The first-order valence-electron chi connectivity index (χ1n) is 9.08. The zero-order valence-corrected chi connectivity index (χ0v) is 15.3. The molecule has 0 radical (unpaired) electrons. The predicted octanol–water partition coefficient (Wildman–Crippen LogP) is 3.93. The van der Waals surface area contributed by atoms with Crippen molar-refractivity contribution in [2.24, 2.45) is 7.05 Å². The highest BCUT2D eigenvalue weighted by Crippen LogP contribution is 2.26. The van der Waals surface area contributed by atoms with Gasteiger partial charge in [-0.1, -0.05) is 6.07 Å². The maximum Gasteiger partial charge on any atom is 0.224 e. The van der Waals surface area contributed by atoms with Gasteiger partial charge in [-0.3, -0.25) is 9.48 Å². The number of aromatic nitrogens is 2. The Morgan fingerprint density at radius 1 is 1.32 bits per heavy atom. The van der Waals surface area contributed by atoms with Gasteiger partial charge in [0.2, 0.25) is 5.91 Å². The van der Waals surface area contributed by atoms with Gasteiger partial charge in [-0.05, 0) is 63.6 Å². The molecular formula is C20H27N3O2. The number of anilines is 1. The number of carbonyl (C=O) groups is 1.